The van der Waals surface area contributed by atoms with Crippen LogP contribution in [0.3, 0.4) is 0 Å². The summed E-state index contributed by atoms with van der Waals surface area (Å²) in [5.74, 6) is 2.38. The molecule has 1 saturated heterocycles. The SMILES string of the molecule is CC1CCC2(CCNCC2c2ccc(Cl)cc2)C(C)C1. The Bertz CT molecular complexity index is 455. The second-order valence-electron chi connectivity index (χ2n) is 7.07. The van der Waals surface area contributed by atoms with Crippen molar-refractivity contribution in [1.82, 2.24) is 5.32 Å². The van der Waals surface area contributed by atoms with Crippen LogP contribution >= 0.6 is 11.6 Å². The van der Waals surface area contributed by atoms with Crippen LogP contribution in [0.2, 0.25) is 5.02 Å². The van der Waals surface area contributed by atoms with Gasteiger partial charge >= 0.3 is 0 Å². The highest BCUT2D eigenvalue weighted by atomic mass is 35.5. The molecule has 1 aromatic carbocycles. The van der Waals surface area contributed by atoms with Gasteiger partial charge in [-0.15, -0.1) is 0 Å². The third-order valence-electron chi connectivity index (χ3n) is 5.92. The van der Waals surface area contributed by atoms with Gasteiger partial charge in [-0.3, -0.25) is 0 Å². The van der Waals surface area contributed by atoms with Crippen molar-refractivity contribution in [3.8, 4) is 0 Å². The highest BCUT2D eigenvalue weighted by molar-refractivity contribution is 6.30. The number of nitrogens with one attached hydrogen (secondary N) is 1. The molecule has 1 aliphatic heterocycles. The van der Waals surface area contributed by atoms with Crippen molar-refractivity contribution in [2.75, 3.05) is 13.1 Å². The molecule has 0 amide bonds. The van der Waals surface area contributed by atoms with Crippen LogP contribution < -0.4 is 5.32 Å². The Kier molecular flexibility index (Phi) is 4.10. The van der Waals surface area contributed by atoms with Gasteiger partial charge in [0, 0.05) is 17.5 Å². The van der Waals surface area contributed by atoms with E-state index >= 15 is 0 Å². The molecule has 1 saturated carbocycles. The van der Waals surface area contributed by atoms with Gasteiger partial charge in [-0.25, -0.2) is 0 Å². The monoisotopic (exact) mass is 291 g/mol. The van der Waals surface area contributed by atoms with Crippen LogP contribution in [0.1, 0.15) is 51.0 Å². The van der Waals surface area contributed by atoms with E-state index in [0.717, 1.165) is 23.4 Å². The van der Waals surface area contributed by atoms with Gasteiger partial charge in [0.25, 0.3) is 0 Å². The number of hydrogen-bond acceptors (Lipinski definition) is 1. The summed E-state index contributed by atoms with van der Waals surface area (Å²) in [5, 5.41) is 4.46. The lowest BCUT2D eigenvalue weighted by Crippen LogP contribution is -2.49. The Labute approximate surface area is 128 Å². The van der Waals surface area contributed by atoms with E-state index in [4.69, 9.17) is 11.6 Å². The van der Waals surface area contributed by atoms with Crippen molar-refractivity contribution < 1.29 is 0 Å². The molecule has 3 rings (SSSR count). The minimum Gasteiger partial charge on any atom is -0.316 e. The molecule has 1 aliphatic carbocycles. The molecule has 0 radical (unpaired) electrons. The van der Waals surface area contributed by atoms with E-state index in [0.29, 0.717) is 11.3 Å². The maximum atomic E-state index is 6.06. The summed E-state index contributed by atoms with van der Waals surface area (Å²) in [6, 6.07) is 8.59. The second-order valence-corrected chi connectivity index (χ2v) is 7.51. The largest absolute Gasteiger partial charge is 0.316 e. The van der Waals surface area contributed by atoms with E-state index in [-0.39, 0.29) is 0 Å². The summed E-state index contributed by atoms with van der Waals surface area (Å²) in [5.41, 5.74) is 1.98. The van der Waals surface area contributed by atoms with E-state index in [2.05, 4.69) is 43.4 Å². The maximum absolute atomic E-state index is 6.06. The predicted molar refractivity (Wildman–Crippen MR) is 86.3 cm³/mol. The summed E-state index contributed by atoms with van der Waals surface area (Å²) in [7, 11) is 0. The van der Waals surface area contributed by atoms with Crippen molar-refractivity contribution in [3.05, 3.63) is 34.9 Å². The summed E-state index contributed by atoms with van der Waals surface area (Å²) < 4.78 is 0. The van der Waals surface area contributed by atoms with Gasteiger partial charge in [-0.2, -0.15) is 0 Å². The van der Waals surface area contributed by atoms with Crippen LogP contribution in [0.4, 0.5) is 0 Å². The maximum Gasteiger partial charge on any atom is 0.0406 e. The molecule has 1 aromatic rings. The zero-order chi connectivity index (χ0) is 14.2. The summed E-state index contributed by atoms with van der Waals surface area (Å²) in [6.45, 7) is 7.22. The number of benzene rings is 1. The molecular weight excluding hydrogens is 266 g/mol. The molecule has 1 N–H and O–H groups in total. The first-order chi connectivity index (χ1) is 9.62. The van der Waals surface area contributed by atoms with Crippen LogP contribution in [-0.4, -0.2) is 13.1 Å². The Morgan fingerprint density at radius 2 is 1.90 bits per heavy atom. The summed E-state index contributed by atoms with van der Waals surface area (Å²) in [6.07, 6.45) is 5.51. The number of rotatable bonds is 1. The lowest BCUT2D eigenvalue weighted by molar-refractivity contribution is 0.0229. The van der Waals surface area contributed by atoms with Gasteiger partial charge in [-0.05, 0) is 60.8 Å². The van der Waals surface area contributed by atoms with E-state index in [1.807, 2.05) is 0 Å². The Morgan fingerprint density at radius 1 is 1.15 bits per heavy atom. The molecule has 2 aliphatic rings. The Balaban J connectivity index is 1.92. The van der Waals surface area contributed by atoms with Crippen LogP contribution in [0.25, 0.3) is 0 Å². The number of halogens is 1. The van der Waals surface area contributed by atoms with Gasteiger partial charge in [-0.1, -0.05) is 44.0 Å². The van der Waals surface area contributed by atoms with Gasteiger partial charge in [0.15, 0.2) is 0 Å². The van der Waals surface area contributed by atoms with Gasteiger partial charge in [0.1, 0.15) is 0 Å². The molecule has 4 unspecified atom stereocenters. The molecule has 2 heteroatoms. The summed E-state index contributed by atoms with van der Waals surface area (Å²) >= 11 is 6.06. The third kappa shape index (κ3) is 2.51. The average Bonchev–Trinajstić information content (AvgIpc) is 2.45. The predicted octanol–water partition coefficient (Wildman–Crippen LogP) is 4.86. The van der Waals surface area contributed by atoms with Crippen molar-refractivity contribution >= 4 is 11.6 Å². The average molecular weight is 292 g/mol. The molecule has 1 spiro atoms. The standard InChI is InChI=1S/C18H26ClN/c1-13-7-8-18(14(2)11-13)9-10-20-12-17(18)15-3-5-16(19)6-4-15/h3-6,13-14,17,20H,7-12H2,1-2H3. The third-order valence-corrected chi connectivity index (χ3v) is 6.17. The quantitative estimate of drug-likeness (QED) is 0.779. The van der Waals surface area contributed by atoms with E-state index in [9.17, 15) is 0 Å². The molecular formula is C18H26ClN. The lowest BCUT2D eigenvalue weighted by Gasteiger charge is -2.52. The zero-order valence-electron chi connectivity index (χ0n) is 12.7. The minimum absolute atomic E-state index is 0.506. The Hall–Kier alpha value is -0.530. The minimum atomic E-state index is 0.506. The van der Waals surface area contributed by atoms with Crippen LogP contribution in [0.5, 0.6) is 0 Å². The molecule has 0 aromatic heterocycles. The van der Waals surface area contributed by atoms with Crippen LogP contribution in [-0.2, 0) is 0 Å². The first kappa shape index (κ1) is 14.4. The van der Waals surface area contributed by atoms with Crippen molar-refractivity contribution in [3.63, 3.8) is 0 Å². The van der Waals surface area contributed by atoms with E-state index in [1.165, 1.54) is 37.8 Å². The van der Waals surface area contributed by atoms with Gasteiger partial charge in [0.05, 0.1) is 0 Å². The highest BCUT2D eigenvalue weighted by Gasteiger charge is 2.47. The molecule has 1 heterocycles. The number of hydrogen-bond donors (Lipinski definition) is 1. The normalized spacial score (nSPS) is 38.0. The topological polar surface area (TPSA) is 12.0 Å². The number of piperidine rings is 1. The Morgan fingerprint density at radius 3 is 2.60 bits per heavy atom. The van der Waals surface area contributed by atoms with Crippen molar-refractivity contribution in [2.24, 2.45) is 17.3 Å². The van der Waals surface area contributed by atoms with Gasteiger partial charge in [0.2, 0.25) is 0 Å². The van der Waals surface area contributed by atoms with Crippen LogP contribution in [0.15, 0.2) is 24.3 Å². The van der Waals surface area contributed by atoms with E-state index in [1.54, 1.807) is 0 Å². The van der Waals surface area contributed by atoms with Crippen LogP contribution in [0, 0.1) is 17.3 Å². The fourth-order valence-corrected chi connectivity index (χ4v) is 4.82. The molecule has 2 fully saturated rings. The molecule has 0 bridgehead atoms. The fourth-order valence-electron chi connectivity index (χ4n) is 4.70. The van der Waals surface area contributed by atoms with Crippen molar-refractivity contribution in [1.29, 1.82) is 0 Å². The molecule has 1 nitrogen and oxygen atoms in total. The van der Waals surface area contributed by atoms with E-state index < -0.39 is 0 Å². The fraction of sp³-hybridized carbons (Fsp3) is 0.667. The molecule has 20 heavy (non-hydrogen) atoms. The first-order valence-corrected chi connectivity index (χ1v) is 8.46. The smallest absolute Gasteiger partial charge is 0.0406 e. The second kappa shape index (κ2) is 5.69. The van der Waals surface area contributed by atoms with Gasteiger partial charge < -0.3 is 5.32 Å². The molecule has 4 atom stereocenters. The van der Waals surface area contributed by atoms with Crippen molar-refractivity contribution in [2.45, 2.75) is 45.4 Å². The zero-order valence-corrected chi connectivity index (χ0v) is 13.4. The highest BCUT2D eigenvalue weighted by Crippen LogP contribution is 2.55. The lowest BCUT2D eigenvalue weighted by atomic mass is 9.54. The first-order valence-electron chi connectivity index (χ1n) is 8.08. The molecule has 110 valence electrons. The summed E-state index contributed by atoms with van der Waals surface area (Å²) in [4.78, 5) is 0.